The Balaban J connectivity index is 2.46. The summed E-state index contributed by atoms with van der Waals surface area (Å²) in [6.07, 6.45) is -0.650. The molecule has 2 N–H and O–H groups in total. The van der Waals surface area contributed by atoms with Crippen molar-refractivity contribution in [3.63, 3.8) is 0 Å². The van der Waals surface area contributed by atoms with Crippen molar-refractivity contribution in [3.05, 3.63) is 17.0 Å². The van der Waals surface area contributed by atoms with Crippen LogP contribution in [0, 0.1) is 18.3 Å². The minimum absolute atomic E-state index is 0.00832. The predicted molar refractivity (Wildman–Crippen MR) is 76.5 cm³/mol. The Kier molecular flexibility index (Phi) is 4.02. The Morgan fingerprint density at radius 2 is 2.04 bits per heavy atom. The highest BCUT2D eigenvalue weighted by atomic mass is 19.3. The quantitative estimate of drug-likeness (QED) is 0.857. The zero-order chi connectivity index (χ0) is 17.8. The molecule has 0 saturated heterocycles. The minimum atomic E-state index is -3.24. The van der Waals surface area contributed by atoms with Crippen LogP contribution in [0.15, 0.2) is 0 Å². The minimum Gasteiger partial charge on any atom is -0.364 e. The van der Waals surface area contributed by atoms with Gasteiger partial charge < -0.3 is 5.73 Å². The van der Waals surface area contributed by atoms with E-state index in [1.807, 2.05) is 0 Å². The van der Waals surface area contributed by atoms with Gasteiger partial charge >= 0.3 is 0 Å². The third-order valence-corrected chi connectivity index (χ3v) is 4.81. The fourth-order valence-electron chi connectivity index (χ4n) is 3.48. The Morgan fingerprint density at radius 1 is 1.48 bits per heavy atom. The van der Waals surface area contributed by atoms with E-state index in [1.165, 1.54) is 6.92 Å². The lowest BCUT2D eigenvalue weighted by Gasteiger charge is -2.29. The van der Waals surface area contributed by atoms with Gasteiger partial charge in [-0.05, 0) is 18.3 Å². The molecule has 1 fully saturated rings. The Hall–Kier alpha value is -1.60. The van der Waals surface area contributed by atoms with Gasteiger partial charge in [0.25, 0.3) is 11.8 Å². The molecule has 1 aromatic heterocycles. The van der Waals surface area contributed by atoms with E-state index in [-0.39, 0.29) is 36.6 Å². The van der Waals surface area contributed by atoms with Crippen LogP contribution in [0.1, 0.15) is 55.4 Å². The standard InChI is InChI=1S/C15H21F4N3O/c1-8-5-15(18,19)6-13(8,3)7-22-10(12(20)23)9(2)11(21-22)14(4,16)17/h8H,5-7H2,1-4H3,(H2,20,23). The number of nitrogens with two attached hydrogens (primary N) is 1. The first kappa shape index (κ1) is 17.7. The summed E-state index contributed by atoms with van der Waals surface area (Å²) in [5, 5.41) is 3.81. The summed E-state index contributed by atoms with van der Waals surface area (Å²) in [6.45, 7) is 5.30. The van der Waals surface area contributed by atoms with E-state index in [1.54, 1.807) is 13.8 Å². The molecule has 0 bridgehead atoms. The SMILES string of the molecule is Cc1c(C(C)(F)F)nn(CC2(C)CC(F)(F)CC2C)c1C(N)=O. The molecule has 8 heteroatoms. The highest BCUT2D eigenvalue weighted by Crippen LogP contribution is 2.52. The van der Waals surface area contributed by atoms with Gasteiger partial charge in [-0.3, -0.25) is 9.48 Å². The van der Waals surface area contributed by atoms with Crippen molar-refractivity contribution in [2.24, 2.45) is 17.1 Å². The van der Waals surface area contributed by atoms with E-state index in [2.05, 4.69) is 5.10 Å². The highest BCUT2D eigenvalue weighted by Gasteiger charge is 2.52. The molecule has 0 radical (unpaired) electrons. The number of carbonyl (C=O) groups is 1. The maximum atomic E-state index is 13.7. The molecule has 1 aromatic rings. The van der Waals surface area contributed by atoms with E-state index in [0.717, 1.165) is 4.68 Å². The predicted octanol–water partition coefficient (Wildman–Crippen LogP) is 3.47. The zero-order valence-electron chi connectivity index (χ0n) is 13.6. The summed E-state index contributed by atoms with van der Waals surface area (Å²) in [7, 11) is 0. The average molecular weight is 335 g/mol. The molecule has 4 nitrogen and oxygen atoms in total. The van der Waals surface area contributed by atoms with Crippen molar-refractivity contribution in [3.8, 4) is 0 Å². The number of rotatable bonds is 4. The lowest BCUT2D eigenvalue weighted by Crippen LogP contribution is -2.30. The number of aromatic nitrogens is 2. The van der Waals surface area contributed by atoms with Gasteiger partial charge in [-0.15, -0.1) is 0 Å². The van der Waals surface area contributed by atoms with Crippen molar-refractivity contribution in [1.29, 1.82) is 0 Å². The summed E-state index contributed by atoms with van der Waals surface area (Å²) in [5.74, 6) is -7.29. The Bertz CT molecular complexity index is 635. The summed E-state index contributed by atoms with van der Waals surface area (Å²) >= 11 is 0. The topological polar surface area (TPSA) is 60.9 Å². The number of hydrogen-bond donors (Lipinski definition) is 1. The van der Waals surface area contributed by atoms with Crippen molar-refractivity contribution >= 4 is 5.91 Å². The van der Waals surface area contributed by atoms with Gasteiger partial charge in [0, 0.05) is 31.9 Å². The molecule has 1 aliphatic rings. The lowest BCUT2D eigenvalue weighted by atomic mass is 9.81. The van der Waals surface area contributed by atoms with Gasteiger partial charge in [-0.1, -0.05) is 13.8 Å². The molecule has 0 spiro atoms. The molecular weight excluding hydrogens is 314 g/mol. The van der Waals surface area contributed by atoms with Gasteiger partial charge in [0.15, 0.2) is 0 Å². The molecule has 2 atom stereocenters. The zero-order valence-corrected chi connectivity index (χ0v) is 13.6. The summed E-state index contributed by atoms with van der Waals surface area (Å²) < 4.78 is 55.7. The molecule has 130 valence electrons. The van der Waals surface area contributed by atoms with E-state index >= 15 is 0 Å². The normalized spacial score (nSPS) is 27.4. The van der Waals surface area contributed by atoms with Crippen molar-refractivity contribution in [2.75, 3.05) is 0 Å². The number of halogens is 4. The fraction of sp³-hybridized carbons (Fsp3) is 0.733. The molecule has 1 amide bonds. The third kappa shape index (κ3) is 3.21. The van der Waals surface area contributed by atoms with Crippen LogP contribution < -0.4 is 5.73 Å². The van der Waals surface area contributed by atoms with Gasteiger partial charge in [0.2, 0.25) is 5.92 Å². The van der Waals surface area contributed by atoms with Gasteiger partial charge in [-0.25, -0.2) is 8.78 Å². The largest absolute Gasteiger partial charge is 0.364 e. The lowest BCUT2D eigenvalue weighted by molar-refractivity contribution is -0.00508. The Labute approximate surface area is 132 Å². The molecule has 1 heterocycles. The van der Waals surface area contributed by atoms with E-state index < -0.39 is 28.9 Å². The van der Waals surface area contributed by atoms with Crippen molar-refractivity contribution in [1.82, 2.24) is 9.78 Å². The summed E-state index contributed by atoms with van der Waals surface area (Å²) in [6, 6.07) is 0. The van der Waals surface area contributed by atoms with Crippen molar-refractivity contribution in [2.45, 2.75) is 58.9 Å². The Morgan fingerprint density at radius 3 is 2.43 bits per heavy atom. The third-order valence-electron chi connectivity index (χ3n) is 4.81. The first-order chi connectivity index (χ1) is 10.3. The maximum absolute atomic E-state index is 13.7. The van der Waals surface area contributed by atoms with Crippen molar-refractivity contribution < 1.29 is 22.4 Å². The van der Waals surface area contributed by atoms with Crippen LogP contribution in [0.3, 0.4) is 0 Å². The smallest absolute Gasteiger partial charge is 0.289 e. The van der Waals surface area contributed by atoms with Crippen LogP contribution in [-0.4, -0.2) is 21.6 Å². The van der Waals surface area contributed by atoms with Crippen LogP contribution in [0.25, 0.3) is 0 Å². The number of alkyl halides is 4. The first-order valence-electron chi connectivity index (χ1n) is 7.40. The monoisotopic (exact) mass is 335 g/mol. The second-order valence-corrected chi connectivity index (χ2v) is 7.02. The molecule has 2 unspecified atom stereocenters. The maximum Gasteiger partial charge on any atom is 0.289 e. The number of amides is 1. The second kappa shape index (κ2) is 5.21. The van der Waals surface area contributed by atoms with Crippen LogP contribution in [0.2, 0.25) is 0 Å². The van der Waals surface area contributed by atoms with Crippen LogP contribution in [-0.2, 0) is 12.5 Å². The molecule has 0 aromatic carbocycles. The van der Waals surface area contributed by atoms with Crippen LogP contribution in [0.4, 0.5) is 17.6 Å². The van der Waals surface area contributed by atoms with Crippen LogP contribution in [0.5, 0.6) is 0 Å². The molecule has 1 saturated carbocycles. The van der Waals surface area contributed by atoms with E-state index in [9.17, 15) is 22.4 Å². The van der Waals surface area contributed by atoms with Gasteiger partial charge in [0.05, 0.1) is 0 Å². The molecule has 2 rings (SSSR count). The van der Waals surface area contributed by atoms with E-state index in [0.29, 0.717) is 6.92 Å². The molecule has 23 heavy (non-hydrogen) atoms. The molecular formula is C15H21F4N3O. The summed E-state index contributed by atoms with van der Waals surface area (Å²) in [5.41, 5.74) is 3.72. The van der Waals surface area contributed by atoms with E-state index in [4.69, 9.17) is 5.73 Å². The molecule has 1 aliphatic carbocycles. The number of hydrogen-bond acceptors (Lipinski definition) is 2. The average Bonchev–Trinajstić information content (AvgIpc) is 2.72. The highest BCUT2D eigenvalue weighted by molar-refractivity contribution is 5.92. The number of nitrogens with zero attached hydrogens (tertiary/aromatic N) is 2. The fourth-order valence-corrected chi connectivity index (χ4v) is 3.48. The summed E-state index contributed by atoms with van der Waals surface area (Å²) in [4.78, 5) is 11.6. The first-order valence-corrected chi connectivity index (χ1v) is 7.40. The van der Waals surface area contributed by atoms with Crippen LogP contribution >= 0.6 is 0 Å². The van der Waals surface area contributed by atoms with Gasteiger partial charge in [-0.2, -0.15) is 13.9 Å². The second-order valence-electron chi connectivity index (χ2n) is 7.02. The number of primary amides is 1. The van der Waals surface area contributed by atoms with Gasteiger partial charge in [0.1, 0.15) is 11.4 Å². The number of carbonyl (C=O) groups excluding carboxylic acids is 1. The molecule has 0 aliphatic heterocycles.